The van der Waals surface area contributed by atoms with E-state index < -0.39 is 12.2 Å². The number of phenols is 1. The predicted molar refractivity (Wildman–Crippen MR) is 56.1 cm³/mol. The molecular weight excluding hydrogens is 216 g/mol. The molecule has 5 heteroatoms. The normalized spacial score (nSPS) is 11.4. The summed E-state index contributed by atoms with van der Waals surface area (Å²) in [5.41, 5.74) is 0.627. The van der Waals surface area contributed by atoms with Crippen LogP contribution in [-0.4, -0.2) is 5.11 Å². The molecule has 0 bridgehead atoms. The maximum atomic E-state index is 12.7. The van der Waals surface area contributed by atoms with E-state index in [0.29, 0.717) is 0 Å². The van der Waals surface area contributed by atoms with E-state index in [0.717, 1.165) is 5.56 Å². The van der Waals surface area contributed by atoms with Crippen molar-refractivity contribution in [3.05, 3.63) is 28.8 Å². The Morgan fingerprint density at radius 1 is 1.38 bits per heavy atom. The fourth-order valence-electron chi connectivity index (χ4n) is 1.44. The van der Waals surface area contributed by atoms with Crippen LogP contribution in [0.2, 0.25) is 0 Å². The molecule has 3 N–H and O–H groups in total. The molecule has 0 fully saturated rings. The van der Waals surface area contributed by atoms with Gasteiger partial charge in [0.25, 0.3) is 6.43 Å². The van der Waals surface area contributed by atoms with E-state index in [9.17, 15) is 13.9 Å². The minimum atomic E-state index is -2.71. The summed E-state index contributed by atoms with van der Waals surface area (Å²) in [5.74, 6) is 4.54. The molecule has 0 atom stereocenters. The zero-order valence-electron chi connectivity index (χ0n) is 9.21. The molecule has 0 aliphatic rings. The summed E-state index contributed by atoms with van der Waals surface area (Å²) in [6.45, 7) is 3.68. The van der Waals surface area contributed by atoms with E-state index in [1.165, 1.54) is 6.07 Å². The minimum absolute atomic E-state index is 0.0912. The monoisotopic (exact) mass is 231 g/mol. The molecule has 0 unspecified atom stereocenters. The number of hydrogen-bond acceptors (Lipinski definition) is 3. The topological polar surface area (TPSA) is 55.5 Å². The third-order valence-corrected chi connectivity index (χ3v) is 2.38. The molecule has 1 aromatic rings. The van der Waals surface area contributed by atoms with Gasteiger partial charge in [-0.1, -0.05) is 13.8 Å². The van der Waals surface area contributed by atoms with E-state index in [-0.39, 0.29) is 23.7 Å². The minimum Gasteiger partial charge on any atom is -0.507 e. The third kappa shape index (κ3) is 2.68. The Morgan fingerprint density at radius 3 is 2.44 bits per heavy atom. The van der Waals surface area contributed by atoms with Crippen molar-refractivity contribution in [2.75, 3.05) is 0 Å². The van der Waals surface area contributed by atoms with Crippen molar-refractivity contribution in [1.82, 2.24) is 0 Å². The summed E-state index contributed by atoms with van der Waals surface area (Å²) >= 11 is 0. The van der Waals surface area contributed by atoms with Crippen molar-refractivity contribution < 1.29 is 18.7 Å². The molecule has 0 saturated heterocycles. The van der Waals surface area contributed by atoms with Crippen molar-refractivity contribution in [2.45, 2.75) is 32.8 Å². The van der Waals surface area contributed by atoms with Gasteiger partial charge < -0.3 is 5.11 Å². The number of benzene rings is 1. The Bertz CT molecular complexity index is 367. The summed E-state index contributed by atoms with van der Waals surface area (Å²) in [6.07, 6.45) is -2.71. The summed E-state index contributed by atoms with van der Waals surface area (Å²) < 4.78 is 25.3. The summed E-state index contributed by atoms with van der Waals surface area (Å²) in [5, 5.41) is 9.58. The molecule has 0 radical (unpaired) electrons. The highest BCUT2D eigenvalue weighted by Crippen LogP contribution is 2.34. The second-order valence-electron chi connectivity index (χ2n) is 3.88. The molecule has 0 aliphatic heterocycles. The van der Waals surface area contributed by atoms with E-state index in [4.69, 9.17) is 5.90 Å². The van der Waals surface area contributed by atoms with Crippen LogP contribution in [0.25, 0.3) is 0 Å². The smallest absolute Gasteiger partial charge is 0.267 e. The van der Waals surface area contributed by atoms with Gasteiger partial charge in [-0.15, -0.1) is 0 Å². The summed E-state index contributed by atoms with van der Waals surface area (Å²) in [7, 11) is 0. The fraction of sp³-hybridized carbons (Fsp3) is 0.455. The van der Waals surface area contributed by atoms with Crippen molar-refractivity contribution in [3.8, 4) is 5.75 Å². The lowest BCUT2D eigenvalue weighted by Gasteiger charge is -2.14. The molecule has 0 amide bonds. The SMILES string of the molecule is CC(C)c1cc(CON)c(O)c(C(F)F)c1. The highest BCUT2D eigenvalue weighted by Gasteiger charge is 2.18. The van der Waals surface area contributed by atoms with Crippen molar-refractivity contribution in [3.63, 3.8) is 0 Å². The van der Waals surface area contributed by atoms with Gasteiger partial charge in [0.15, 0.2) is 0 Å². The standard InChI is InChI=1S/C11H15F2NO2/c1-6(2)7-3-8(5-16-14)10(15)9(4-7)11(12)13/h3-4,6,11,15H,5,14H2,1-2H3. The average molecular weight is 231 g/mol. The van der Waals surface area contributed by atoms with Crippen molar-refractivity contribution >= 4 is 0 Å². The van der Waals surface area contributed by atoms with E-state index in [1.54, 1.807) is 6.07 Å². The first kappa shape index (κ1) is 12.9. The largest absolute Gasteiger partial charge is 0.507 e. The van der Waals surface area contributed by atoms with Crippen LogP contribution < -0.4 is 5.90 Å². The van der Waals surface area contributed by atoms with Gasteiger partial charge in [0, 0.05) is 5.56 Å². The third-order valence-electron chi connectivity index (χ3n) is 2.38. The lowest BCUT2D eigenvalue weighted by molar-refractivity contribution is 0.120. The van der Waals surface area contributed by atoms with Gasteiger partial charge in [-0.05, 0) is 23.6 Å². The number of phenolic OH excluding ortho intramolecular Hbond substituents is 1. The van der Waals surface area contributed by atoms with Crippen LogP contribution in [0.15, 0.2) is 12.1 Å². The first-order valence-electron chi connectivity index (χ1n) is 4.92. The average Bonchev–Trinajstić information content (AvgIpc) is 2.20. The van der Waals surface area contributed by atoms with Gasteiger partial charge in [0.2, 0.25) is 0 Å². The van der Waals surface area contributed by atoms with Gasteiger partial charge in [0.1, 0.15) is 5.75 Å². The van der Waals surface area contributed by atoms with Gasteiger partial charge in [0.05, 0.1) is 12.2 Å². The number of alkyl halides is 2. The van der Waals surface area contributed by atoms with E-state index in [1.807, 2.05) is 13.8 Å². The van der Waals surface area contributed by atoms with E-state index in [2.05, 4.69) is 4.84 Å². The predicted octanol–water partition coefficient (Wildman–Crippen LogP) is 2.84. The maximum absolute atomic E-state index is 12.7. The number of nitrogens with two attached hydrogens (primary N) is 1. The quantitative estimate of drug-likeness (QED) is 0.783. The molecule has 90 valence electrons. The zero-order valence-corrected chi connectivity index (χ0v) is 9.21. The number of hydrogen-bond donors (Lipinski definition) is 2. The number of rotatable bonds is 4. The van der Waals surface area contributed by atoms with Gasteiger partial charge in [-0.3, -0.25) is 4.84 Å². The number of aromatic hydroxyl groups is 1. The molecule has 0 spiro atoms. The molecule has 0 aliphatic carbocycles. The van der Waals surface area contributed by atoms with Crippen LogP contribution in [0.1, 0.15) is 42.9 Å². The highest BCUT2D eigenvalue weighted by atomic mass is 19.3. The molecule has 0 saturated carbocycles. The Balaban J connectivity index is 3.27. The van der Waals surface area contributed by atoms with Crippen LogP contribution >= 0.6 is 0 Å². The van der Waals surface area contributed by atoms with Gasteiger partial charge in [-0.25, -0.2) is 14.7 Å². The van der Waals surface area contributed by atoms with Crippen LogP contribution in [0.5, 0.6) is 5.75 Å². The lowest BCUT2D eigenvalue weighted by Crippen LogP contribution is -2.03. The van der Waals surface area contributed by atoms with E-state index >= 15 is 0 Å². The Kier molecular flexibility index (Phi) is 4.20. The zero-order chi connectivity index (χ0) is 12.3. The summed E-state index contributed by atoms with van der Waals surface area (Å²) in [6, 6.07) is 2.93. The number of halogens is 2. The fourth-order valence-corrected chi connectivity index (χ4v) is 1.44. The molecular formula is C11H15F2NO2. The molecule has 1 rings (SSSR count). The second kappa shape index (κ2) is 5.23. The maximum Gasteiger partial charge on any atom is 0.267 e. The molecule has 0 heterocycles. The van der Waals surface area contributed by atoms with Crippen LogP contribution in [0.3, 0.4) is 0 Å². The van der Waals surface area contributed by atoms with Gasteiger partial charge in [-0.2, -0.15) is 0 Å². The molecule has 1 aromatic carbocycles. The Labute approximate surface area is 92.8 Å². The molecule has 16 heavy (non-hydrogen) atoms. The second-order valence-corrected chi connectivity index (χ2v) is 3.88. The van der Waals surface area contributed by atoms with Gasteiger partial charge >= 0.3 is 0 Å². The van der Waals surface area contributed by atoms with Crippen LogP contribution in [0.4, 0.5) is 8.78 Å². The first-order chi connectivity index (χ1) is 7.47. The first-order valence-corrected chi connectivity index (χ1v) is 4.92. The Hall–Kier alpha value is -1.20. The van der Waals surface area contributed by atoms with Crippen LogP contribution in [0, 0.1) is 0 Å². The lowest BCUT2D eigenvalue weighted by atomic mass is 9.97. The van der Waals surface area contributed by atoms with Crippen molar-refractivity contribution in [2.24, 2.45) is 5.90 Å². The molecule has 0 aromatic heterocycles. The van der Waals surface area contributed by atoms with Crippen LogP contribution in [-0.2, 0) is 11.4 Å². The molecule has 3 nitrogen and oxygen atoms in total. The summed E-state index contributed by atoms with van der Waals surface area (Å²) in [4.78, 5) is 4.37. The Morgan fingerprint density at radius 2 is 2.00 bits per heavy atom. The van der Waals surface area contributed by atoms with Crippen molar-refractivity contribution in [1.29, 1.82) is 0 Å². The highest BCUT2D eigenvalue weighted by molar-refractivity contribution is 5.45.